The van der Waals surface area contributed by atoms with Crippen molar-refractivity contribution in [2.75, 3.05) is 5.32 Å². The Morgan fingerprint density at radius 3 is 2.30 bits per heavy atom. The summed E-state index contributed by atoms with van der Waals surface area (Å²) in [6.07, 6.45) is -0.612. The number of hydrogen-bond donors (Lipinski definition) is 1. The van der Waals surface area contributed by atoms with E-state index in [9.17, 15) is 4.79 Å². The van der Waals surface area contributed by atoms with Gasteiger partial charge in [-0.25, -0.2) is 0 Å². The molecule has 1 amide bonds. The van der Waals surface area contributed by atoms with E-state index in [2.05, 4.69) is 21.2 Å². The highest BCUT2D eigenvalue weighted by Gasteiger charge is 2.16. The minimum absolute atomic E-state index is 0.197. The van der Waals surface area contributed by atoms with E-state index < -0.39 is 6.10 Å². The Hall–Kier alpha value is -1.52. The maximum absolute atomic E-state index is 12.3. The first-order valence-corrected chi connectivity index (χ1v) is 8.45. The van der Waals surface area contributed by atoms with Crippen LogP contribution in [0.25, 0.3) is 0 Å². The number of rotatable bonds is 4. The highest BCUT2D eigenvalue weighted by atomic mass is 79.9. The number of aryl methyl sites for hydroxylation is 3. The molecule has 0 aliphatic heterocycles. The molecule has 122 valence electrons. The van der Waals surface area contributed by atoms with Gasteiger partial charge >= 0.3 is 0 Å². The van der Waals surface area contributed by atoms with Crippen LogP contribution in [0.15, 0.2) is 34.8 Å². The highest BCUT2D eigenvalue weighted by molar-refractivity contribution is 9.10. The quantitative estimate of drug-likeness (QED) is 0.748. The Morgan fingerprint density at radius 2 is 1.74 bits per heavy atom. The first-order valence-electron chi connectivity index (χ1n) is 7.28. The van der Waals surface area contributed by atoms with Crippen LogP contribution in [0.1, 0.15) is 23.6 Å². The maximum atomic E-state index is 12.3. The van der Waals surface area contributed by atoms with Gasteiger partial charge in [0, 0.05) is 15.2 Å². The number of carbonyl (C=O) groups excluding carboxylic acids is 1. The van der Waals surface area contributed by atoms with Crippen molar-refractivity contribution in [3.05, 3.63) is 56.5 Å². The molecule has 2 aromatic carbocycles. The molecule has 5 heteroatoms. The molecule has 23 heavy (non-hydrogen) atoms. The molecule has 3 nitrogen and oxygen atoms in total. The second-order valence-electron chi connectivity index (χ2n) is 5.58. The van der Waals surface area contributed by atoms with Crippen molar-refractivity contribution >= 4 is 39.1 Å². The van der Waals surface area contributed by atoms with E-state index in [0.717, 1.165) is 31.9 Å². The molecule has 0 radical (unpaired) electrons. The molecular weight excluding hydrogens is 378 g/mol. The molecule has 0 aromatic heterocycles. The first kappa shape index (κ1) is 17.8. The van der Waals surface area contributed by atoms with Gasteiger partial charge in [0.15, 0.2) is 6.10 Å². The van der Waals surface area contributed by atoms with Crippen LogP contribution < -0.4 is 10.1 Å². The fraction of sp³-hybridized carbons (Fsp3) is 0.278. The molecule has 1 atom stereocenters. The summed E-state index contributed by atoms with van der Waals surface area (Å²) in [6, 6.07) is 9.33. The van der Waals surface area contributed by atoms with Gasteiger partial charge in [0.1, 0.15) is 5.75 Å². The number of anilines is 1. The molecule has 0 aliphatic carbocycles. The Bertz CT molecular complexity index is 723. The minimum Gasteiger partial charge on any atom is -0.481 e. The summed E-state index contributed by atoms with van der Waals surface area (Å²) in [4.78, 5) is 12.3. The zero-order valence-electron chi connectivity index (χ0n) is 13.5. The van der Waals surface area contributed by atoms with E-state index in [1.807, 2.05) is 51.1 Å². The first-order chi connectivity index (χ1) is 10.8. The van der Waals surface area contributed by atoms with E-state index in [1.165, 1.54) is 0 Å². The van der Waals surface area contributed by atoms with Gasteiger partial charge in [-0.15, -0.1) is 0 Å². The van der Waals surface area contributed by atoms with Gasteiger partial charge < -0.3 is 10.1 Å². The van der Waals surface area contributed by atoms with Gasteiger partial charge in [-0.2, -0.15) is 0 Å². The summed E-state index contributed by atoms with van der Waals surface area (Å²) < 4.78 is 6.75. The fourth-order valence-corrected chi connectivity index (χ4v) is 2.55. The lowest BCUT2D eigenvalue weighted by molar-refractivity contribution is -0.122. The van der Waals surface area contributed by atoms with E-state index in [-0.39, 0.29) is 5.91 Å². The van der Waals surface area contributed by atoms with Gasteiger partial charge in [0.2, 0.25) is 0 Å². The summed E-state index contributed by atoms with van der Waals surface area (Å²) >= 11 is 9.58. The van der Waals surface area contributed by atoms with Gasteiger partial charge in [0.25, 0.3) is 5.91 Å². The molecule has 0 saturated carbocycles. The summed E-state index contributed by atoms with van der Waals surface area (Å²) in [5.74, 6) is 0.441. The van der Waals surface area contributed by atoms with Gasteiger partial charge in [-0.3, -0.25) is 4.79 Å². The standard InChI is InChI=1S/C18H19BrClNO2/c1-10-7-14(5-6-16(10)19)21-18(22)13(4)23-15-8-11(2)17(20)12(3)9-15/h5-9,13H,1-4H3,(H,21,22)/t13-/m0/s1. The summed E-state index contributed by atoms with van der Waals surface area (Å²) in [7, 11) is 0. The Labute approximate surface area is 150 Å². The van der Waals surface area contributed by atoms with Gasteiger partial charge in [0.05, 0.1) is 0 Å². The smallest absolute Gasteiger partial charge is 0.265 e. The molecule has 0 heterocycles. The second kappa shape index (κ2) is 7.37. The molecule has 0 unspecified atom stereocenters. The number of hydrogen-bond acceptors (Lipinski definition) is 2. The summed E-state index contributed by atoms with van der Waals surface area (Å²) in [5.41, 5.74) is 3.66. The lowest BCUT2D eigenvalue weighted by Crippen LogP contribution is -2.30. The number of nitrogens with one attached hydrogen (secondary N) is 1. The number of carbonyl (C=O) groups is 1. The number of amides is 1. The van der Waals surface area contributed by atoms with Gasteiger partial charge in [-0.05, 0) is 74.7 Å². The molecular formula is C18H19BrClNO2. The molecule has 0 saturated heterocycles. The third-order valence-corrected chi connectivity index (χ3v) is 5.00. The van der Waals surface area contributed by atoms with Crippen LogP contribution >= 0.6 is 27.5 Å². The predicted octanol–water partition coefficient (Wildman–Crippen LogP) is 5.43. The van der Waals surface area contributed by atoms with Crippen LogP contribution in [0.3, 0.4) is 0 Å². The molecule has 0 fully saturated rings. The highest BCUT2D eigenvalue weighted by Crippen LogP contribution is 2.26. The van der Waals surface area contributed by atoms with Crippen LogP contribution in [0.4, 0.5) is 5.69 Å². The molecule has 0 aliphatic rings. The molecule has 0 bridgehead atoms. The third kappa shape index (κ3) is 4.49. The molecule has 2 rings (SSSR count). The maximum Gasteiger partial charge on any atom is 0.265 e. The summed E-state index contributed by atoms with van der Waals surface area (Å²) in [6.45, 7) is 7.52. The van der Waals surface area contributed by atoms with Crippen molar-refractivity contribution in [2.24, 2.45) is 0 Å². The van der Waals surface area contributed by atoms with Crippen molar-refractivity contribution < 1.29 is 9.53 Å². The SMILES string of the molecule is Cc1cc(NC(=O)[C@H](C)Oc2cc(C)c(Cl)c(C)c2)ccc1Br. The average molecular weight is 397 g/mol. The Morgan fingerprint density at radius 1 is 1.13 bits per heavy atom. The zero-order valence-corrected chi connectivity index (χ0v) is 15.9. The van der Waals surface area contributed by atoms with E-state index in [1.54, 1.807) is 6.92 Å². The van der Waals surface area contributed by atoms with Crippen LogP contribution in [-0.2, 0) is 4.79 Å². The number of ether oxygens (including phenoxy) is 1. The van der Waals surface area contributed by atoms with Crippen molar-refractivity contribution in [1.82, 2.24) is 0 Å². The van der Waals surface area contributed by atoms with E-state index >= 15 is 0 Å². The third-order valence-electron chi connectivity index (χ3n) is 3.52. The second-order valence-corrected chi connectivity index (χ2v) is 6.82. The van der Waals surface area contributed by atoms with Gasteiger partial charge in [-0.1, -0.05) is 27.5 Å². The predicted molar refractivity (Wildman–Crippen MR) is 98.5 cm³/mol. The lowest BCUT2D eigenvalue weighted by atomic mass is 10.1. The number of benzene rings is 2. The largest absolute Gasteiger partial charge is 0.481 e. The molecule has 0 spiro atoms. The van der Waals surface area contributed by atoms with Crippen molar-refractivity contribution in [3.63, 3.8) is 0 Å². The molecule has 2 aromatic rings. The monoisotopic (exact) mass is 395 g/mol. The normalized spacial score (nSPS) is 11.9. The summed E-state index contributed by atoms with van der Waals surface area (Å²) in [5, 5.41) is 3.58. The lowest BCUT2D eigenvalue weighted by Gasteiger charge is -2.16. The van der Waals surface area contributed by atoms with Crippen LogP contribution in [0, 0.1) is 20.8 Å². The van der Waals surface area contributed by atoms with E-state index in [0.29, 0.717) is 5.75 Å². The minimum atomic E-state index is -0.612. The Balaban J connectivity index is 2.06. The van der Waals surface area contributed by atoms with Crippen LogP contribution in [0.5, 0.6) is 5.75 Å². The van der Waals surface area contributed by atoms with Crippen molar-refractivity contribution in [2.45, 2.75) is 33.8 Å². The average Bonchev–Trinajstić information content (AvgIpc) is 2.48. The molecule has 1 N–H and O–H groups in total. The van der Waals surface area contributed by atoms with Crippen LogP contribution in [-0.4, -0.2) is 12.0 Å². The fourth-order valence-electron chi connectivity index (χ4n) is 2.20. The number of halogens is 2. The zero-order chi connectivity index (χ0) is 17.1. The van der Waals surface area contributed by atoms with Crippen molar-refractivity contribution in [1.29, 1.82) is 0 Å². The Kier molecular flexibility index (Phi) is 5.71. The van der Waals surface area contributed by atoms with E-state index in [4.69, 9.17) is 16.3 Å². The van der Waals surface area contributed by atoms with Crippen molar-refractivity contribution in [3.8, 4) is 5.75 Å². The topological polar surface area (TPSA) is 38.3 Å². The van der Waals surface area contributed by atoms with Crippen LogP contribution in [0.2, 0.25) is 5.02 Å².